The number of methoxy groups -OCH3 is 1. The zero-order valence-electron chi connectivity index (χ0n) is 14.9. The fourth-order valence-electron chi connectivity index (χ4n) is 3.45. The maximum Gasteiger partial charge on any atom is 0.253 e. The molecule has 0 radical (unpaired) electrons. The molecule has 1 aliphatic heterocycles. The number of rotatable bonds is 4. The second-order valence-electron chi connectivity index (χ2n) is 6.36. The van der Waals surface area contributed by atoms with Crippen molar-refractivity contribution in [2.24, 2.45) is 0 Å². The van der Waals surface area contributed by atoms with E-state index in [2.05, 4.69) is 45.5 Å². The van der Waals surface area contributed by atoms with Crippen LogP contribution in [0.1, 0.15) is 28.3 Å². The van der Waals surface area contributed by atoms with E-state index in [1.54, 1.807) is 7.11 Å². The molecule has 26 heavy (non-hydrogen) atoms. The van der Waals surface area contributed by atoms with Gasteiger partial charge in [-0.3, -0.25) is 4.79 Å². The summed E-state index contributed by atoms with van der Waals surface area (Å²) in [5.74, 6) is 1.10. The third-order valence-corrected chi connectivity index (χ3v) is 5.43. The van der Waals surface area contributed by atoms with Gasteiger partial charge in [-0.2, -0.15) is 0 Å². The Morgan fingerprint density at radius 3 is 2.42 bits per heavy atom. The summed E-state index contributed by atoms with van der Waals surface area (Å²) in [7, 11) is 3.54. The fourth-order valence-corrected chi connectivity index (χ4v) is 3.71. The van der Waals surface area contributed by atoms with Crippen LogP contribution >= 0.6 is 28.3 Å². The highest BCUT2D eigenvalue weighted by Crippen LogP contribution is 2.29. The number of carbonyl (C=O) groups is 1. The van der Waals surface area contributed by atoms with Gasteiger partial charge >= 0.3 is 0 Å². The van der Waals surface area contributed by atoms with E-state index in [1.807, 2.05) is 36.2 Å². The molecule has 1 amide bonds. The van der Waals surface area contributed by atoms with Crippen molar-refractivity contribution in [3.8, 4) is 5.75 Å². The number of nitrogens with one attached hydrogen (secondary N) is 1. The summed E-state index contributed by atoms with van der Waals surface area (Å²) in [6.45, 7) is 1.81. The number of likely N-dealkylation sites (N-methyl/N-ethyl adjacent to an activating group) is 1. The van der Waals surface area contributed by atoms with Gasteiger partial charge in [-0.05, 0) is 54.9 Å². The Morgan fingerprint density at radius 2 is 1.81 bits per heavy atom. The van der Waals surface area contributed by atoms with Gasteiger partial charge in [0.15, 0.2) is 0 Å². The van der Waals surface area contributed by atoms with Crippen LogP contribution in [0, 0.1) is 0 Å². The summed E-state index contributed by atoms with van der Waals surface area (Å²) in [4.78, 5) is 14.8. The van der Waals surface area contributed by atoms with E-state index in [9.17, 15) is 4.79 Å². The van der Waals surface area contributed by atoms with Crippen LogP contribution in [0.3, 0.4) is 0 Å². The van der Waals surface area contributed by atoms with Crippen LogP contribution in [0.25, 0.3) is 0 Å². The smallest absolute Gasteiger partial charge is 0.253 e. The lowest BCUT2D eigenvalue weighted by atomic mass is 9.86. The molecule has 4 nitrogen and oxygen atoms in total. The van der Waals surface area contributed by atoms with E-state index >= 15 is 0 Å². The third kappa shape index (κ3) is 4.58. The Labute approximate surface area is 169 Å². The number of halogens is 2. The van der Waals surface area contributed by atoms with Crippen molar-refractivity contribution in [1.29, 1.82) is 0 Å². The SMILES string of the molecule is COc1ccc(C(=O)N(C)[C@@H]2CCNC[C@H]2c2ccc(Br)cc2)cc1.Cl. The first-order valence-corrected chi connectivity index (χ1v) is 9.27. The molecule has 1 saturated heterocycles. The first-order valence-electron chi connectivity index (χ1n) is 8.47. The summed E-state index contributed by atoms with van der Waals surface area (Å²) in [5.41, 5.74) is 1.95. The highest BCUT2D eigenvalue weighted by Gasteiger charge is 2.32. The molecule has 2 aromatic carbocycles. The lowest BCUT2D eigenvalue weighted by Gasteiger charge is -2.38. The second-order valence-corrected chi connectivity index (χ2v) is 7.28. The second kappa shape index (κ2) is 9.40. The van der Waals surface area contributed by atoms with Crippen molar-refractivity contribution in [3.05, 3.63) is 64.1 Å². The summed E-state index contributed by atoms with van der Waals surface area (Å²) in [5, 5.41) is 3.46. The van der Waals surface area contributed by atoms with Gasteiger partial charge in [0, 0.05) is 35.6 Å². The lowest BCUT2D eigenvalue weighted by Crippen LogP contribution is -2.49. The molecule has 0 unspecified atom stereocenters. The normalized spacial score (nSPS) is 19.3. The number of benzene rings is 2. The third-order valence-electron chi connectivity index (χ3n) is 4.90. The van der Waals surface area contributed by atoms with Gasteiger partial charge in [-0.15, -0.1) is 12.4 Å². The van der Waals surface area contributed by atoms with Crippen molar-refractivity contribution < 1.29 is 9.53 Å². The molecule has 0 aliphatic carbocycles. The first-order chi connectivity index (χ1) is 12.1. The van der Waals surface area contributed by atoms with Gasteiger partial charge in [0.05, 0.1) is 7.11 Å². The van der Waals surface area contributed by atoms with Crippen LogP contribution in [0.5, 0.6) is 5.75 Å². The average molecular weight is 440 g/mol. The van der Waals surface area contributed by atoms with Crippen molar-refractivity contribution in [3.63, 3.8) is 0 Å². The van der Waals surface area contributed by atoms with E-state index in [-0.39, 0.29) is 30.3 Å². The van der Waals surface area contributed by atoms with Gasteiger partial charge in [-0.25, -0.2) is 0 Å². The molecule has 0 aromatic heterocycles. The number of hydrogen-bond donors (Lipinski definition) is 1. The maximum absolute atomic E-state index is 12.9. The van der Waals surface area contributed by atoms with Crippen LogP contribution in [0.4, 0.5) is 0 Å². The van der Waals surface area contributed by atoms with Crippen LogP contribution in [0.2, 0.25) is 0 Å². The Hall–Kier alpha value is -1.56. The van der Waals surface area contributed by atoms with Crippen LogP contribution < -0.4 is 10.1 Å². The fraction of sp³-hybridized carbons (Fsp3) is 0.350. The summed E-state index contributed by atoms with van der Waals surface area (Å²) < 4.78 is 6.24. The predicted octanol–water partition coefficient (Wildman–Crippen LogP) is 4.10. The minimum atomic E-state index is 0. The number of carbonyl (C=O) groups excluding carboxylic acids is 1. The van der Waals surface area contributed by atoms with Crippen LogP contribution in [-0.2, 0) is 0 Å². The molecule has 140 valence electrons. The summed E-state index contributed by atoms with van der Waals surface area (Å²) in [6.07, 6.45) is 0.944. The molecule has 1 aliphatic rings. The van der Waals surface area contributed by atoms with E-state index in [4.69, 9.17) is 4.74 Å². The predicted molar refractivity (Wildman–Crippen MR) is 110 cm³/mol. The highest BCUT2D eigenvalue weighted by atomic mass is 79.9. The van der Waals surface area contributed by atoms with Crippen molar-refractivity contribution in [1.82, 2.24) is 10.2 Å². The molecule has 0 saturated carbocycles. The zero-order chi connectivity index (χ0) is 17.8. The van der Waals surface area contributed by atoms with Gasteiger partial charge in [0.1, 0.15) is 5.75 Å². The summed E-state index contributed by atoms with van der Waals surface area (Å²) in [6, 6.07) is 15.9. The number of ether oxygens (including phenoxy) is 1. The summed E-state index contributed by atoms with van der Waals surface area (Å²) >= 11 is 3.49. The minimum Gasteiger partial charge on any atom is -0.497 e. The Bertz CT molecular complexity index is 722. The van der Waals surface area contributed by atoms with Gasteiger partial charge in [-0.1, -0.05) is 28.1 Å². The molecule has 2 aromatic rings. The molecular formula is C20H24BrClN2O2. The molecule has 6 heteroatoms. The average Bonchev–Trinajstić information content (AvgIpc) is 2.67. The molecule has 1 N–H and O–H groups in total. The Morgan fingerprint density at radius 1 is 1.15 bits per heavy atom. The number of amides is 1. The molecule has 0 spiro atoms. The topological polar surface area (TPSA) is 41.6 Å². The van der Waals surface area contributed by atoms with E-state index in [1.165, 1.54) is 5.56 Å². The molecule has 3 rings (SSSR count). The van der Waals surface area contributed by atoms with Gasteiger partial charge < -0.3 is 15.0 Å². The maximum atomic E-state index is 12.9. The van der Waals surface area contributed by atoms with E-state index < -0.39 is 0 Å². The Balaban J connectivity index is 0.00000243. The van der Waals surface area contributed by atoms with Crippen LogP contribution in [0.15, 0.2) is 53.0 Å². The molecule has 1 heterocycles. The lowest BCUT2D eigenvalue weighted by molar-refractivity contribution is 0.0679. The van der Waals surface area contributed by atoms with Crippen molar-refractivity contribution in [2.45, 2.75) is 18.4 Å². The van der Waals surface area contributed by atoms with E-state index in [0.717, 1.165) is 29.7 Å². The molecule has 0 bridgehead atoms. The number of hydrogen-bond acceptors (Lipinski definition) is 3. The molecular weight excluding hydrogens is 416 g/mol. The number of nitrogens with zero attached hydrogens (tertiary/aromatic N) is 1. The quantitative estimate of drug-likeness (QED) is 0.780. The number of piperidine rings is 1. The molecule has 2 atom stereocenters. The zero-order valence-corrected chi connectivity index (χ0v) is 17.3. The minimum absolute atomic E-state index is 0. The standard InChI is InChI=1S/C20H23BrN2O2.ClH/c1-23(20(24)15-5-9-17(25-2)10-6-15)19-11-12-22-13-18(19)14-3-7-16(21)8-4-14;/h3-10,18-19,22H,11-13H2,1-2H3;1H/t18-,19+;/m0./s1. The largest absolute Gasteiger partial charge is 0.497 e. The monoisotopic (exact) mass is 438 g/mol. The highest BCUT2D eigenvalue weighted by molar-refractivity contribution is 9.10. The van der Waals surface area contributed by atoms with Gasteiger partial charge in [0.2, 0.25) is 0 Å². The van der Waals surface area contributed by atoms with Gasteiger partial charge in [0.25, 0.3) is 5.91 Å². The molecule has 1 fully saturated rings. The van der Waals surface area contributed by atoms with Crippen molar-refractivity contribution >= 4 is 34.2 Å². The van der Waals surface area contributed by atoms with Crippen LogP contribution in [-0.4, -0.2) is 44.1 Å². The van der Waals surface area contributed by atoms with E-state index in [0.29, 0.717) is 5.56 Å². The Kier molecular flexibility index (Phi) is 7.50. The van der Waals surface area contributed by atoms with Crippen molar-refractivity contribution in [2.75, 3.05) is 27.2 Å². The first kappa shape index (κ1) is 20.7.